The molecule has 2 N–H and O–H groups in total. The number of rotatable bonds is 3. The molecule has 1 saturated carbocycles. The van der Waals surface area contributed by atoms with Gasteiger partial charge in [0.1, 0.15) is 0 Å². The lowest BCUT2D eigenvalue weighted by Gasteiger charge is -2.25. The standard InChI is InChI=1S/C12H17N3O3/c1-15-6-5-10(14-15)13-11(16)8-3-2-4-9(7-8)12(17)18/h5-6,8-9H,2-4,7H2,1H3,(H,17,18)(H,13,14,16)/t8-,9+/m0/s1. The number of amides is 1. The summed E-state index contributed by atoms with van der Waals surface area (Å²) in [5, 5.41) is 15.8. The van der Waals surface area contributed by atoms with Crippen LogP contribution in [-0.4, -0.2) is 26.8 Å². The van der Waals surface area contributed by atoms with E-state index in [0.717, 1.165) is 12.8 Å². The van der Waals surface area contributed by atoms with Gasteiger partial charge in [0.2, 0.25) is 5.91 Å². The van der Waals surface area contributed by atoms with Gasteiger partial charge in [0.15, 0.2) is 5.82 Å². The second-order valence-electron chi connectivity index (χ2n) is 4.76. The third kappa shape index (κ3) is 2.88. The van der Waals surface area contributed by atoms with E-state index in [1.165, 1.54) is 0 Å². The highest BCUT2D eigenvalue weighted by Gasteiger charge is 2.31. The molecule has 1 aromatic heterocycles. The van der Waals surface area contributed by atoms with Crippen molar-refractivity contribution in [3.63, 3.8) is 0 Å². The average Bonchev–Trinajstić information content (AvgIpc) is 2.75. The Bertz CT molecular complexity index is 455. The number of aryl methyl sites for hydroxylation is 1. The van der Waals surface area contributed by atoms with Gasteiger partial charge in [-0.1, -0.05) is 6.42 Å². The molecular formula is C12H17N3O3. The molecule has 0 spiro atoms. The maximum atomic E-state index is 12.0. The maximum absolute atomic E-state index is 12.0. The lowest BCUT2D eigenvalue weighted by atomic mass is 9.81. The van der Waals surface area contributed by atoms with Crippen molar-refractivity contribution in [2.24, 2.45) is 18.9 Å². The van der Waals surface area contributed by atoms with Crippen LogP contribution in [0.1, 0.15) is 25.7 Å². The number of aliphatic carboxylic acids is 1. The van der Waals surface area contributed by atoms with Crippen molar-refractivity contribution in [3.8, 4) is 0 Å². The number of aromatic nitrogens is 2. The third-order valence-electron chi connectivity index (χ3n) is 3.36. The van der Waals surface area contributed by atoms with Crippen LogP contribution in [0.25, 0.3) is 0 Å². The number of anilines is 1. The highest BCUT2D eigenvalue weighted by Crippen LogP contribution is 2.29. The Morgan fingerprint density at radius 2 is 2.17 bits per heavy atom. The smallest absolute Gasteiger partial charge is 0.306 e. The summed E-state index contributed by atoms with van der Waals surface area (Å²) in [5.41, 5.74) is 0. The Kier molecular flexibility index (Phi) is 3.64. The zero-order valence-electron chi connectivity index (χ0n) is 10.3. The van der Waals surface area contributed by atoms with Gasteiger partial charge in [0, 0.05) is 25.2 Å². The fourth-order valence-corrected chi connectivity index (χ4v) is 2.36. The number of carboxylic acid groups (broad SMARTS) is 1. The summed E-state index contributed by atoms with van der Waals surface area (Å²) in [6.45, 7) is 0. The first-order valence-electron chi connectivity index (χ1n) is 6.09. The zero-order chi connectivity index (χ0) is 13.1. The minimum Gasteiger partial charge on any atom is -0.481 e. The molecule has 6 heteroatoms. The Labute approximate surface area is 105 Å². The van der Waals surface area contributed by atoms with Crippen molar-refractivity contribution >= 4 is 17.7 Å². The minimum absolute atomic E-state index is 0.125. The number of carbonyl (C=O) groups excluding carboxylic acids is 1. The molecule has 1 amide bonds. The van der Waals surface area contributed by atoms with Gasteiger partial charge in [-0.05, 0) is 19.3 Å². The minimum atomic E-state index is -0.801. The predicted molar refractivity (Wildman–Crippen MR) is 64.9 cm³/mol. The predicted octanol–water partition coefficient (Wildman–Crippen LogP) is 1.25. The van der Waals surface area contributed by atoms with Gasteiger partial charge in [0.05, 0.1) is 5.92 Å². The Balaban J connectivity index is 1.94. The number of nitrogens with one attached hydrogen (secondary N) is 1. The van der Waals surface area contributed by atoms with Crippen LogP contribution in [0.2, 0.25) is 0 Å². The Morgan fingerprint density at radius 1 is 1.44 bits per heavy atom. The van der Waals surface area contributed by atoms with Gasteiger partial charge >= 0.3 is 5.97 Å². The van der Waals surface area contributed by atoms with Crippen LogP contribution < -0.4 is 5.32 Å². The molecule has 0 bridgehead atoms. The van der Waals surface area contributed by atoms with Gasteiger partial charge in [-0.15, -0.1) is 0 Å². The van der Waals surface area contributed by atoms with E-state index >= 15 is 0 Å². The van der Waals surface area contributed by atoms with Gasteiger partial charge in [-0.3, -0.25) is 14.3 Å². The van der Waals surface area contributed by atoms with E-state index < -0.39 is 11.9 Å². The molecule has 18 heavy (non-hydrogen) atoms. The van der Waals surface area contributed by atoms with Gasteiger partial charge < -0.3 is 10.4 Å². The third-order valence-corrected chi connectivity index (χ3v) is 3.36. The number of carboxylic acids is 1. The molecule has 0 unspecified atom stereocenters. The zero-order valence-corrected chi connectivity index (χ0v) is 10.3. The Morgan fingerprint density at radius 3 is 2.78 bits per heavy atom. The second-order valence-corrected chi connectivity index (χ2v) is 4.76. The molecule has 0 aromatic carbocycles. The summed E-state index contributed by atoms with van der Waals surface area (Å²) in [5.74, 6) is -1.02. The summed E-state index contributed by atoms with van der Waals surface area (Å²) < 4.78 is 1.61. The summed E-state index contributed by atoms with van der Waals surface area (Å²) in [7, 11) is 1.77. The summed E-state index contributed by atoms with van der Waals surface area (Å²) in [6, 6.07) is 1.72. The quantitative estimate of drug-likeness (QED) is 0.846. The van der Waals surface area contributed by atoms with Crippen molar-refractivity contribution in [2.75, 3.05) is 5.32 Å². The monoisotopic (exact) mass is 251 g/mol. The van der Waals surface area contributed by atoms with Gasteiger partial charge in [-0.2, -0.15) is 5.10 Å². The normalized spacial score (nSPS) is 23.6. The molecule has 1 fully saturated rings. The topological polar surface area (TPSA) is 84.2 Å². The van der Waals surface area contributed by atoms with Crippen molar-refractivity contribution in [1.29, 1.82) is 0 Å². The van der Waals surface area contributed by atoms with E-state index in [1.807, 2.05) is 0 Å². The van der Waals surface area contributed by atoms with Crippen molar-refractivity contribution < 1.29 is 14.7 Å². The van der Waals surface area contributed by atoms with E-state index in [2.05, 4.69) is 10.4 Å². The molecule has 1 aliphatic carbocycles. The fraction of sp³-hybridized carbons (Fsp3) is 0.583. The number of hydrogen-bond acceptors (Lipinski definition) is 3. The van der Waals surface area contributed by atoms with E-state index in [1.54, 1.807) is 24.0 Å². The molecule has 0 aliphatic heterocycles. The summed E-state index contributed by atoms with van der Waals surface area (Å²) >= 11 is 0. The first-order valence-corrected chi connectivity index (χ1v) is 6.09. The second kappa shape index (κ2) is 5.20. The van der Waals surface area contributed by atoms with Crippen molar-refractivity contribution in [1.82, 2.24) is 9.78 Å². The fourth-order valence-electron chi connectivity index (χ4n) is 2.36. The van der Waals surface area contributed by atoms with E-state index in [-0.39, 0.29) is 11.8 Å². The van der Waals surface area contributed by atoms with Crippen LogP contribution in [0, 0.1) is 11.8 Å². The highest BCUT2D eigenvalue weighted by atomic mass is 16.4. The van der Waals surface area contributed by atoms with E-state index in [4.69, 9.17) is 5.11 Å². The first kappa shape index (κ1) is 12.6. The first-order chi connectivity index (χ1) is 8.56. The lowest BCUT2D eigenvalue weighted by molar-refractivity contribution is -0.143. The number of hydrogen-bond donors (Lipinski definition) is 2. The van der Waals surface area contributed by atoms with Crippen LogP contribution in [0.15, 0.2) is 12.3 Å². The van der Waals surface area contributed by atoms with E-state index in [9.17, 15) is 9.59 Å². The maximum Gasteiger partial charge on any atom is 0.306 e. The Hall–Kier alpha value is -1.85. The number of nitrogens with zero attached hydrogens (tertiary/aromatic N) is 2. The molecule has 2 atom stereocenters. The molecule has 2 rings (SSSR count). The van der Waals surface area contributed by atoms with Crippen LogP contribution in [0.3, 0.4) is 0 Å². The molecular weight excluding hydrogens is 234 g/mol. The molecule has 1 heterocycles. The van der Waals surface area contributed by atoms with Crippen LogP contribution in [0.4, 0.5) is 5.82 Å². The van der Waals surface area contributed by atoms with Gasteiger partial charge in [-0.25, -0.2) is 0 Å². The number of carbonyl (C=O) groups is 2. The molecule has 98 valence electrons. The van der Waals surface area contributed by atoms with Crippen LogP contribution in [-0.2, 0) is 16.6 Å². The SMILES string of the molecule is Cn1ccc(NC(=O)[C@H]2CCC[C@@H](C(=O)O)C2)n1. The summed E-state index contributed by atoms with van der Waals surface area (Å²) in [4.78, 5) is 22.9. The molecule has 0 saturated heterocycles. The molecule has 0 radical (unpaired) electrons. The van der Waals surface area contributed by atoms with Crippen LogP contribution in [0.5, 0.6) is 0 Å². The molecule has 1 aromatic rings. The van der Waals surface area contributed by atoms with E-state index in [0.29, 0.717) is 18.7 Å². The molecule has 1 aliphatic rings. The van der Waals surface area contributed by atoms with Crippen molar-refractivity contribution in [3.05, 3.63) is 12.3 Å². The van der Waals surface area contributed by atoms with Gasteiger partial charge in [0.25, 0.3) is 0 Å². The van der Waals surface area contributed by atoms with Crippen molar-refractivity contribution in [2.45, 2.75) is 25.7 Å². The highest BCUT2D eigenvalue weighted by molar-refractivity contribution is 5.92. The van der Waals surface area contributed by atoms with Crippen LogP contribution >= 0.6 is 0 Å². The summed E-state index contributed by atoms with van der Waals surface area (Å²) in [6.07, 6.45) is 4.38. The molecule has 6 nitrogen and oxygen atoms in total. The average molecular weight is 251 g/mol. The largest absolute Gasteiger partial charge is 0.481 e. The lowest BCUT2D eigenvalue weighted by Crippen LogP contribution is -2.31.